The zero-order chi connectivity index (χ0) is 11.5. The lowest BCUT2D eigenvalue weighted by Gasteiger charge is -2.09. The van der Waals surface area contributed by atoms with Gasteiger partial charge in [-0.25, -0.2) is 4.98 Å². The van der Waals surface area contributed by atoms with Crippen LogP contribution in [0.2, 0.25) is 10.0 Å². The van der Waals surface area contributed by atoms with Crippen LogP contribution in [0.4, 0.5) is 5.69 Å². The van der Waals surface area contributed by atoms with Crippen molar-refractivity contribution in [2.75, 3.05) is 5.32 Å². The van der Waals surface area contributed by atoms with E-state index in [1.165, 1.54) is 0 Å². The summed E-state index contributed by atoms with van der Waals surface area (Å²) in [6.07, 6.45) is 3.38. The molecule has 0 amide bonds. The molecule has 0 saturated heterocycles. The van der Waals surface area contributed by atoms with Gasteiger partial charge in [-0.1, -0.05) is 23.2 Å². The number of nitrogens with one attached hydrogen (secondary N) is 2. The second kappa shape index (κ2) is 5.08. The molecule has 1 aromatic heterocycles. The van der Waals surface area contributed by atoms with Crippen molar-refractivity contribution in [3.8, 4) is 0 Å². The Morgan fingerprint density at radius 1 is 1.31 bits per heavy atom. The number of imidazole rings is 1. The highest BCUT2D eigenvalue weighted by Gasteiger charge is 2.07. The van der Waals surface area contributed by atoms with Crippen LogP contribution in [0.15, 0.2) is 29.1 Å². The van der Waals surface area contributed by atoms with Crippen LogP contribution in [0, 0.1) is 0 Å². The van der Waals surface area contributed by atoms with Crippen LogP contribution in [0.25, 0.3) is 0 Å². The third-order valence-electron chi connectivity index (χ3n) is 2.06. The van der Waals surface area contributed by atoms with Crippen LogP contribution in [-0.4, -0.2) is 9.97 Å². The van der Waals surface area contributed by atoms with Gasteiger partial charge in [-0.05, 0) is 28.1 Å². The van der Waals surface area contributed by atoms with Crippen molar-refractivity contribution in [2.45, 2.75) is 6.54 Å². The largest absolute Gasteiger partial charge is 0.378 e. The fraction of sp³-hybridized carbons (Fsp3) is 0.100. The lowest BCUT2D eigenvalue weighted by Crippen LogP contribution is -2.00. The van der Waals surface area contributed by atoms with Crippen molar-refractivity contribution in [3.05, 3.63) is 44.9 Å². The summed E-state index contributed by atoms with van der Waals surface area (Å²) in [5.41, 5.74) is 1.78. The molecule has 2 aromatic rings. The maximum atomic E-state index is 6.09. The summed E-state index contributed by atoms with van der Waals surface area (Å²) in [7, 11) is 0. The Morgan fingerprint density at radius 2 is 2.12 bits per heavy atom. The van der Waals surface area contributed by atoms with Crippen molar-refractivity contribution in [1.29, 1.82) is 0 Å². The van der Waals surface area contributed by atoms with Crippen LogP contribution < -0.4 is 5.32 Å². The quantitative estimate of drug-likeness (QED) is 0.836. The molecule has 2 N–H and O–H groups in total. The van der Waals surface area contributed by atoms with Crippen LogP contribution in [0.5, 0.6) is 0 Å². The van der Waals surface area contributed by atoms with Crippen molar-refractivity contribution < 1.29 is 0 Å². The normalized spacial score (nSPS) is 10.4. The Labute approximate surface area is 111 Å². The molecule has 0 aliphatic heterocycles. The number of rotatable bonds is 3. The smallest absolute Gasteiger partial charge is 0.0922 e. The Hall–Kier alpha value is -0.710. The first-order valence-corrected chi connectivity index (χ1v) is 6.08. The molecule has 6 heteroatoms. The van der Waals surface area contributed by atoms with Gasteiger partial charge >= 0.3 is 0 Å². The molecule has 1 aromatic carbocycles. The molecule has 0 bridgehead atoms. The van der Waals surface area contributed by atoms with Gasteiger partial charge in [0, 0.05) is 10.7 Å². The van der Waals surface area contributed by atoms with E-state index in [-0.39, 0.29) is 0 Å². The van der Waals surface area contributed by atoms with E-state index in [4.69, 9.17) is 23.2 Å². The zero-order valence-corrected chi connectivity index (χ0v) is 11.2. The van der Waals surface area contributed by atoms with Gasteiger partial charge < -0.3 is 10.3 Å². The zero-order valence-electron chi connectivity index (χ0n) is 8.10. The van der Waals surface area contributed by atoms with Crippen molar-refractivity contribution in [3.63, 3.8) is 0 Å². The summed E-state index contributed by atoms with van der Waals surface area (Å²) < 4.78 is 0.784. The molecule has 84 valence electrons. The van der Waals surface area contributed by atoms with Gasteiger partial charge in [0.1, 0.15) is 0 Å². The van der Waals surface area contributed by atoms with Crippen LogP contribution in [0.1, 0.15) is 5.69 Å². The van der Waals surface area contributed by atoms with E-state index in [2.05, 4.69) is 31.2 Å². The highest BCUT2D eigenvalue weighted by Crippen LogP contribution is 2.35. The van der Waals surface area contributed by atoms with Crippen LogP contribution in [0.3, 0.4) is 0 Å². The van der Waals surface area contributed by atoms with Gasteiger partial charge in [0.15, 0.2) is 0 Å². The Kier molecular flexibility index (Phi) is 3.74. The van der Waals surface area contributed by atoms with E-state index >= 15 is 0 Å². The molecule has 16 heavy (non-hydrogen) atoms. The highest BCUT2D eigenvalue weighted by molar-refractivity contribution is 9.10. The molecule has 0 radical (unpaired) electrons. The first-order valence-electron chi connectivity index (χ1n) is 4.53. The minimum Gasteiger partial charge on any atom is -0.378 e. The van der Waals surface area contributed by atoms with Gasteiger partial charge in [0.05, 0.1) is 34.3 Å². The van der Waals surface area contributed by atoms with Gasteiger partial charge in [0.2, 0.25) is 0 Å². The first-order chi connectivity index (χ1) is 7.68. The predicted molar refractivity (Wildman–Crippen MR) is 70.1 cm³/mol. The molecule has 2 rings (SSSR count). The second-order valence-electron chi connectivity index (χ2n) is 3.15. The molecule has 1 heterocycles. The summed E-state index contributed by atoms with van der Waals surface area (Å²) in [5, 5.41) is 4.20. The second-order valence-corrected chi connectivity index (χ2v) is 4.76. The molecule has 0 aliphatic carbocycles. The van der Waals surface area contributed by atoms with E-state index < -0.39 is 0 Å². The molecule has 0 aliphatic rings. The lowest BCUT2D eigenvalue weighted by atomic mass is 10.3. The third kappa shape index (κ3) is 2.51. The average Bonchev–Trinajstić information content (AvgIpc) is 2.78. The molecule has 0 spiro atoms. The van der Waals surface area contributed by atoms with Crippen molar-refractivity contribution in [1.82, 2.24) is 9.97 Å². The minimum absolute atomic E-state index is 0.510. The number of aromatic amines is 1. The Bertz CT molecular complexity index is 485. The van der Waals surface area contributed by atoms with Crippen LogP contribution in [-0.2, 0) is 6.54 Å². The summed E-state index contributed by atoms with van der Waals surface area (Å²) >= 11 is 15.4. The fourth-order valence-electron chi connectivity index (χ4n) is 1.23. The van der Waals surface area contributed by atoms with Crippen molar-refractivity contribution >= 4 is 44.8 Å². The van der Waals surface area contributed by atoms with Gasteiger partial charge in [-0.3, -0.25) is 0 Å². The molecule has 0 atom stereocenters. The molecular weight excluding hydrogens is 313 g/mol. The monoisotopic (exact) mass is 319 g/mol. The number of hydrogen-bond donors (Lipinski definition) is 2. The summed E-state index contributed by atoms with van der Waals surface area (Å²) in [6.45, 7) is 0.623. The number of halogens is 3. The SMILES string of the molecule is Clc1c(Br)ccc(NCc2cnc[nH]2)c1Cl. The molecule has 3 nitrogen and oxygen atoms in total. The average molecular weight is 321 g/mol. The molecule has 0 saturated carbocycles. The third-order valence-corrected chi connectivity index (χ3v) is 3.83. The Morgan fingerprint density at radius 3 is 2.81 bits per heavy atom. The topological polar surface area (TPSA) is 40.7 Å². The van der Waals surface area contributed by atoms with Gasteiger partial charge in [-0.15, -0.1) is 0 Å². The summed E-state index contributed by atoms with van der Waals surface area (Å²) in [6, 6.07) is 3.72. The standard InChI is InChI=1S/C10H8BrCl2N3/c11-7-1-2-8(10(13)9(7)12)15-4-6-3-14-5-16-6/h1-3,5,15H,4H2,(H,14,16). The minimum atomic E-state index is 0.510. The summed E-state index contributed by atoms with van der Waals surface area (Å²) in [4.78, 5) is 6.92. The maximum Gasteiger partial charge on any atom is 0.0922 e. The van der Waals surface area contributed by atoms with E-state index in [1.807, 2.05) is 12.1 Å². The summed E-state index contributed by atoms with van der Waals surface area (Å²) in [5.74, 6) is 0. The van der Waals surface area contributed by atoms with E-state index in [9.17, 15) is 0 Å². The van der Waals surface area contributed by atoms with E-state index in [0.717, 1.165) is 15.9 Å². The molecule has 0 unspecified atom stereocenters. The van der Waals surface area contributed by atoms with Crippen LogP contribution >= 0.6 is 39.1 Å². The number of H-pyrrole nitrogens is 1. The van der Waals surface area contributed by atoms with E-state index in [0.29, 0.717) is 16.6 Å². The highest BCUT2D eigenvalue weighted by atomic mass is 79.9. The Balaban J connectivity index is 2.13. The number of hydrogen-bond acceptors (Lipinski definition) is 2. The number of nitrogens with zero attached hydrogens (tertiary/aromatic N) is 1. The number of aromatic nitrogens is 2. The lowest BCUT2D eigenvalue weighted by molar-refractivity contribution is 1.07. The van der Waals surface area contributed by atoms with Gasteiger partial charge in [0.25, 0.3) is 0 Å². The van der Waals surface area contributed by atoms with Gasteiger partial charge in [-0.2, -0.15) is 0 Å². The first kappa shape index (κ1) is 11.8. The van der Waals surface area contributed by atoms with E-state index in [1.54, 1.807) is 12.5 Å². The maximum absolute atomic E-state index is 6.09. The fourth-order valence-corrected chi connectivity index (χ4v) is 2.08. The molecule has 0 fully saturated rings. The number of benzene rings is 1. The van der Waals surface area contributed by atoms with Crippen molar-refractivity contribution in [2.24, 2.45) is 0 Å². The number of anilines is 1. The molecular formula is C10H8BrCl2N3. The predicted octanol–water partition coefficient (Wildman–Crippen LogP) is 4.09.